The first-order valence-electron chi connectivity index (χ1n) is 5.57. The molecule has 0 aliphatic rings. The number of rotatable bonds is 4. The Morgan fingerprint density at radius 2 is 1.95 bits per heavy atom. The molecule has 3 nitrogen and oxygen atoms in total. The molecular formula is C14H9ClF2O3. The molecule has 0 saturated heterocycles. The largest absolute Gasteiger partial charge is 0.487 e. The van der Waals surface area contributed by atoms with Gasteiger partial charge in [-0.05, 0) is 36.4 Å². The van der Waals surface area contributed by atoms with Gasteiger partial charge in [-0.25, -0.2) is 13.6 Å². The zero-order chi connectivity index (χ0) is 14.7. The van der Waals surface area contributed by atoms with Gasteiger partial charge in [0.05, 0.1) is 10.6 Å². The molecule has 0 unspecified atom stereocenters. The summed E-state index contributed by atoms with van der Waals surface area (Å²) in [6.07, 6.45) is 0. The van der Waals surface area contributed by atoms with E-state index in [-0.39, 0.29) is 28.5 Å². The predicted molar refractivity (Wildman–Crippen MR) is 69.1 cm³/mol. The maximum atomic E-state index is 13.4. The topological polar surface area (TPSA) is 46.5 Å². The van der Waals surface area contributed by atoms with Crippen LogP contribution in [0, 0.1) is 11.6 Å². The number of carbonyl (C=O) groups is 1. The average Bonchev–Trinajstić information content (AvgIpc) is 2.40. The molecule has 0 radical (unpaired) electrons. The Morgan fingerprint density at radius 1 is 1.20 bits per heavy atom. The molecule has 0 aliphatic heterocycles. The summed E-state index contributed by atoms with van der Waals surface area (Å²) in [5.41, 5.74) is 0.0580. The number of carboxylic acids is 1. The zero-order valence-electron chi connectivity index (χ0n) is 10.1. The molecule has 0 saturated carbocycles. The van der Waals surface area contributed by atoms with Gasteiger partial charge in [0.1, 0.15) is 24.0 Å². The lowest BCUT2D eigenvalue weighted by Crippen LogP contribution is -2.01. The second-order valence-corrected chi connectivity index (χ2v) is 4.38. The van der Waals surface area contributed by atoms with Crippen molar-refractivity contribution in [2.75, 3.05) is 0 Å². The third-order valence-corrected chi connectivity index (χ3v) is 2.87. The van der Waals surface area contributed by atoms with Crippen LogP contribution in [0.5, 0.6) is 5.75 Å². The molecule has 0 heterocycles. The van der Waals surface area contributed by atoms with Crippen LogP contribution in [-0.4, -0.2) is 11.1 Å². The molecule has 2 aromatic carbocycles. The van der Waals surface area contributed by atoms with Gasteiger partial charge in [-0.15, -0.1) is 0 Å². The van der Waals surface area contributed by atoms with Crippen LogP contribution in [0.15, 0.2) is 36.4 Å². The fraction of sp³-hybridized carbons (Fsp3) is 0.0714. The van der Waals surface area contributed by atoms with Crippen molar-refractivity contribution in [1.82, 2.24) is 0 Å². The highest BCUT2D eigenvalue weighted by Gasteiger charge is 2.10. The number of ether oxygens (including phenoxy) is 1. The molecule has 0 atom stereocenters. The second kappa shape index (κ2) is 5.88. The summed E-state index contributed by atoms with van der Waals surface area (Å²) in [7, 11) is 0. The standard InChI is InChI=1S/C14H9ClF2O3/c15-11-6-8(14(18)19)1-4-13(11)20-7-9-5-10(16)2-3-12(9)17/h1-6H,7H2,(H,18,19). The van der Waals surface area contributed by atoms with Crippen LogP contribution in [0.2, 0.25) is 5.02 Å². The molecule has 0 aliphatic carbocycles. The quantitative estimate of drug-likeness (QED) is 0.931. The number of halogens is 3. The molecule has 2 rings (SSSR count). The molecule has 0 fully saturated rings. The van der Waals surface area contributed by atoms with Crippen LogP contribution < -0.4 is 4.74 Å². The number of benzene rings is 2. The van der Waals surface area contributed by atoms with Gasteiger partial charge in [0.25, 0.3) is 0 Å². The summed E-state index contributed by atoms with van der Waals surface area (Å²) in [6.45, 7) is -0.213. The van der Waals surface area contributed by atoms with E-state index >= 15 is 0 Å². The summed E-state index contributed by atoms with van der Waals surface area (Å²) in [6, 6.07) is 6.93. The van der Waals surface area contributed by atoms with Gasteiger partial charge >= 0.3 is 5.97 Å². The molecule has 1 N–H and O–H groups in total. The lowest BCUT2D eigenvalue weighted by atomic mass is 10.2. The third kappa shape index (κ3) is 3.24. The van der Waals surface area contributed by atoms with Crippen LogP contribution in [0.3, 0.4) is 0 Å². The van der Waals surface area contributed by atoms with Crippen molar-refractivity contribution in [2.24, 2.45) is 0 Å². The van der Waals surface area contributed by atoms with E-state index in [0.29, 0.717) is 0 Å². The Balaban J connectivity index is 2.15. The first kappa shape index (κ1) is 14.3. The highest BCUT2D eigenvalue weighted by atomic mass is 35.5. The molecule has 0 spiro atoms. The summed E-state index contributed by atoms with van der Waals surface area (Å²) in [5, 5.41) is 8.87. The Kier molecular flexibility index (Phi) is 4.20. The highest BCUT2D eigenvalue weighted by molar-refractivity contribution is 6.32. The van der Waals surface area contributed by atoms with Crippen molar-refractivity contribution in [2.45, 2.75) is 6.61 Å². The van der Waals surface area contributed by atoms with E-state index in [4.69, 9.17) is 21.4 Å². The highest BCUT2D eigenvalue weighted by Crippen LogP contribution is 2.26. The van der Waals surface area contributed by atoms with E-state index in [2.05, 4.69) is 0 Å². The fourth-order valence-electron chi connectivity index (χ4n) is 1.56. The maximum absolute atomic E-state index is 13.4. The maximum Gasteiger partial charge on any atom is 0.335 e. The van der Waals surface area contributed by atoms with E-state index in [1.807, 2.05) is 0 Å². The minimum atomic E-state index is -1.12. The average molecular weight is 299 g/mol. The van der Waals surface area contributed by atoms with Crippen LogP contribution in [0.1, 0.15) is 15.9 Å². The van der Waals surface area contributed by atoms with E-state index in [1.54, 1.807) is 0 Å². The van der Waals surface area contributed by atoms with E-state index in [9.17, 15) is 13.6 Å². The number of hydrogen-bond acceptors (Lipinski definition) is 2. The van der Waals surface area contributed by atoms with E-state index < -0.39 is 17.6 Å². The SMILES string of the molecule is O=C(O)c1ccc(OCc2cc(F)ccc2F)c(Cl)c1. The van der Waals surface area contributed by atoms with E-state index in [0.717, 1.165) is 18.2 Å². The zero-order valence-corrected chi connectivity index (χ0v) is 10.8. The van der Waals surface area contributed by atoms with Crippen molar-refractivity contribution < 1.29 is 23.4 Å². The Hall–Kier alpha value is -2.14. The van der Waals surface area contributed by atoms with Crippen molar-refractivity contribution in [3.8, 4) is 5.75 Å². The smallest absolute Gasteiger partial charge is 0.335 e. The Bertz CT molecular complexity index is 659. The molecule has 6 heteroatoms. The van der Waals surface area contributed by atoms with Gasteiger partial charge in [0, 0.05) is 5.56 Å². The third-order valence-electron chi connectivity index (χ3n) is 2.57. The van der Waals surface area contributed by atoms with Gasteiger partial charge in [0.15, 0.2) is 0 Å². The van der Waals surface area contributed by atoms with Crippen LogP contribution in [0.25, 0.3) is 0 Å². The molecule has 104 valence electrons. The molecule has 20 heavy (non-hydrogen) atoms. The molecule has 0 bridgehead atoms. The molecule has 0 aromatic heterocycles. The van der Waals surface area contributed by atoms with E-state index in [1.165, 1.54) is 18.2 Å². The van der Waals surface area contributed by atoms with Gasteiger partial charge in [-0.2, -0.15) is 0 Å². The number of aromatic carboxylic acids is 1. The Morgan fingerprint density at radius 3 is 2.60 bits per heavy atom. The summed E-state index contributed by atoms with van der Waals surface area (Å²) < 4.78 is 31.6. The number of carboxylic acid groups (broad SMARTS) is 1. The van der Waals surface area contributed by atoms with Crippen LogP contribution in [-0.2, 0) is 6.61 Å². The van der Waals surface area contributed by atoms with Gasteiger partial charge in [0.2, 0.25) is 0 Å². The molecule has 0 amide bonds. The fourth-order valence-corrected chi connectivity index (χ4v) is 1.80. The van der Waals surface area contributed by atoms with Crippen molar-refractivity contribution in [1.29, 1.82) is 0 Å². The first-order valence-corrected chi connectivity index (χ1v) is 5.95. The van der Waals surface area contributed by atoms with Crippen LogP contribution in [0.4, 0.5) is 8.78 Å². The summed E-state index contributed by atoms with van der Waals surface area (Å²) >= 11 is 5.85. The lowest BCUT2D eigenvalue weighted by Gasteiger charge is -2.09. The number of hydrogen-bond donors (Lipinski definition) is 1. The normalized spacial score (nSPS) is 10.3. The predicted octanol–water partition coefficient (Wildman–Crippen LogP) is 3.90. The minimum Gasteiger partial charge on any atom is -0.487 e. The van der Waals surface area contributed by atoms with Gasteiger partial charge in [-0.1, -0.05) is 11.6 Å². The van der Waals surface area contributed by atoms with Crippen LogP contribution >= 0.6 is 11.6 Å². The monoisotopic (exact) mass is 298 g/mol. The summed E-state index contributed by atoms with van der Waals surface area (Å²) in [4.78, 5) is 10.7. The molecular weight excluding hydrogens is 290 g/mol. The van der Waals surface area contributed by atoms with Crippen molar-refractivity contribution >= 4 is 17.6 Å². The summed E-state index contributed by atoms with van der Waals surface area (Å²) in [5.74, 6) is -2.09. The Labute approximate surface area is 118 Å². The van der Waals surface area contributed by atoms with Crippen molar-refractivity contribution in [3.63, 3.8) is 0 Å². The van der Waals surface area contributed by atoms with Gasteiger partial charge in [-0.3, -0.25) is 0 Å². The van der Waals surface area contributed by atoms with Crippen molar-refractivity contribution in [3.05, 3.63) is 64.2 Å². The minimum absolute atomic E-state index is 0.0132. The lowest BCUT2D eigenvalue weighted by molar-refractivity contribution is 0.0697. The first-order chi connectivity index (χ1) is 9.47. The second-order valence-electron chi connectivity index (χ2n) is 3.97. The molecule has 2 aromatic rings. The van der Waals surface area contributed by atoms with Gasteiger partial charge < -0.3 is 9.84 Å².